The molecule has 2 heteroatoms. The molecule has 0 bridgehead atoms. The van der Waals surface area contributed by atoms with E-state index in [1.54, 1.807) is 0 Å². The van der Waals surface area contributed by atoms with Crippen LogP contribution in [0, 0.1) is 0 Å². The van der Waals surface area contributed by atoms with Gasteiger partial charge in [-0.2, -0.15) is 0 Å². The highest BCUT2D eigenvalue weighted by Crippen LogP contribution is 2.33. The van der Waals surface area contributed by atoms with Gasteiger partial charge in [0.15, 0.2) is 0 Å². The molecule has 0 aromatic heterocycles. The Bertz CT molecular complexity index is 813. The Kier molecular flexibility index (Phi) is 8.97. The van der Waals surface area contributed by atoms with E-state index in [1.807, 2.05) is 12.1 Å². The first-order valence-electron chi connectivity index (χ1n) is 11.5. The number of unbranched alkanes of at least 4 members (excludes halogenated alkanes) is 4. The minimum atomic E-state index is -0.626. The summed E-state index contributed by atoms with van der Waals surface area (Å²) >= 11 is 0. The summed E-state index contributed by atoms with van der Waals surface area (Å²) < 4.78 is 0. The number of phenols is 1. The third kappa shape index (κ3) is 6.44. The van der Waals surface area contributed by atoms with E-state index >= 15 is 0 Å². The van der Waals surface area contributed by atoms with Gasteiger partial charge in [0.2, 0.25) is 0 Å². The lowest BCUT2D eigenvalue weighted by molar-refractivity contribution is 0.475. The number of aryl methyl sites for hydroxylation is 2. The maximum atomic E-state index is 9.77. The maximum absolute atomic E-state index is 9.77. The predicted octanol–water partition coefficient (Wildman–Crippen LogP) is 6.62. The Morgan fingerprint density at radius 2 is 0.900 bits per heavy atom. The lowest BCUT2D eigenvalue weighted by Crippen LogP contribution is -2.20. The van der Waals surface area contributed by atoms with Crippen LogP contribution in [0.25, 0.3) is 0 Å². The minimum absolute atomic E-state index is 0.325. The molecule has 3 aromatic rings. The van der Waals surface area contributed by atoms with E-state index in [0.29, 0.717) is 5.75 Å². The SMILES string of the molecule is CCCCCc1ccc(P(c2ccc(O)cc2)c2ccc(CCCCC)cc2)cc1. The molecule has 3 rings (SSSR count). The average Bonchev–Trinajstić information content (AvgIpc) is 2.78. The summed E-state index contributed by atoms with van der Waals surface area (Å²) in [7, 11) is -0.626. The molecule has 3 aromatic carbocycles. The van der Waals surface area contributed by atoms with Crippen LogP contribution >= 0.6 is 7.92 Å². The number of hydrogen-bond acceptors (Lipinski definition) is 1. The first-order chi connectivity index (χ1) is 14.7. The van der Waals surface area contributed by atoms with Crippen LogP contribution in [-0.2, 0) is 12.8 Å². The molecule has 0 aliphatic heterocycles. The highest BCUT2D eigenvalue weighted by molar-refractivity contribution is 7.79. The third-order valence-corrected chi connectivity index (χ3v) is 8.08. The van der Waals surface area contributed by atoms with Gasteiger partial charge in [-0.15, -0.1) is 0 Å². The largest absolute Gasteiger partial charge is 0.508 e. The van der Waals surface area contributed by atoms with Crippen LogP contribution in [0.5, 0.6) is 5.75 Å². The van der Waals surface area contributed by atoms with Gasteiger partial charge in [-0.1, -0.05) is 100 Å². The Labute approximate surface area is 183 Å². The first-order valence-corrected chi connectivity index (χ1v) is 12.8. The fraction of sp³-hybridized carbons (Fsp3) is 0.357. The molecule has 0 saturated carbocycles. The first kappa shape index (κ1) is 22.6. The molecular formula is C28H35OP. The van der Waals surface area contributed by atoms with Gasteiger partial charge in [-0.3, -0.25) is 0 Å². The normalized spacial score (nSPS) is 11.2. The molecular weight excluding hydrogens is 383 g/mol. The van der Waals surface area contributed by atoms with Crippen LogP contribution in [0.15, 0.2) is 72.8 Å². The molecule has 30 heavy (non-hydrogen) atoms. The van der Waals surface area contributed by atoms with Crippen molar-refractivity contribution >= 4 is 23.8 Å². The van der Waals surface area contributed by atoms with Crippen LogP contribution in [-0.4, -0.2) is 5.11 Å². The second-order valence-corrected chi connectivity index (χ2v) is 10.3. The summed E-state index contributed by atoms with van der Waals surface area (Å²) in [6.07, 6.45) is 9.98. The number of rotatable bonds is 11. The summed E-state index contributed by atoms with van der Waals surface area (Å²) in [6.45, 7) is 4.51. The van der Waals surface area contributed by atoms with Crippen molar-refractivity contribution < 1.29 is 5.11 Å². The standard InChI is InChI=1S/C28H35OP/c1-3-5-7-9-23-11-17-26(18-12-23)30(28-21-15-25(29)16-22-28)27-19-13-24(14-20-27)10-8-6-4-2/h11-22,29H,3-10H2,1-2H3. The second-order valence-electron chi connectivity index (χ2n) is 8.10. The van der Waals surface area contributed by atoms with Gasteiger partial charge < -0.3 is 5.11 Å². The Hall–Kier alpha value is -2.11. The Balaban J connectivity index is 1.85. The third-order valence-electron chi connectivity index (χ3n) is 5.63. The molecule has 1 N–H and O–H groups in total. The van der Waals surface area contributed by atoms with Crippen molar-refractivity contribution in [2.45, 2.75) is 65.2 Å². The summed E-state index contributed by atoms with van der Waals surface area (Å²) in [5.41, 5.74) is 2.86. The van der Waals surface area contributed by atoms with E-state index in [1.165, 1.54) is 65.6 Å². The van der Waals surface area contributed by atoms with Crippen LogP contribution in [0.3, 0.4) is 0 Å². The molecule has 0 atom stereocenters. The lowest BCUT2D eigenvalue weighted by Gasteiger charge is -2.20. The molecule has 1 nitrogen and oxygen atoms in total. The van der Waals surface area contributed by atoms with Crippen molar-refractivity contribution in [2.75, 3.05) is 0 Å². The molecule has 0 spiro atoms. The average molecular weight is 419 g/mol. The summed E-state index contributed by atoms with van der Waals surface area (Å²) in [6, 6.07) is 26.2. The highest BCUT2D eigenvalue weighted by atomic mass is 31.1. The Morgan fingerprint density at radius 3 is 1.27 bits per heavy atom. The fourth-order valence-electron chi connectivity index (χ4n) is 3.83. The number of aromatic hydroxyl groups is 1. The van der Waals surface area contributed by atoms with E-state index in [4.69, 9.17) is 0 Å². The second kappa shape index (κ2) is 11.9. The lowest BCUT2D eigenvalue weighted by atomic mass is 10.1. The highest BCUT2D eigenvalue weighted by Gasteiger charge is 2.16. The predicted molar refractivity (Wildman–Crippen MR) is 133 cm³/mol. The van der Waals surface area contributed by atoms with Crippen LogP contribution in [0.4, 0.5) is 0 Å². The zero-order valence-electron chi connectivity index (χ0n) is 18.5. The van der Waals surface area contributed by atoms with E-state index in [-0.39, 0.29) is 0 Å². The van der Waals surface area contributed by atoms with E-state index in [0.717, 1.165) is 12.8 Å². The fourth-order valence-corrected chi connectivity index (χ4v) is 6.07. The molecule has 0 aliphatic rings. The molecule has 0 amide bonds. The maximum Gasteiger partial charge on any atom is 0.115 e. The number of phenolic OH excluding ortho intramolecular Hbond substituents is 1. The summed E-state index contributed by atoms with van der Waals surface area (Å²) in [5, 5.41) is 13.8. The minimum Gasteiger partial charge on any atom is -0.508 e. The smallest absolute Gasteiger partial charge is 0.115 e. The number of hydrogen-bond donors (Lipinski definition) is 1. The molecule has 0 radical (unpaired) electrons. The van der Waals surface area contributed by atoms with E-state index < -0.39 is 7.92 Å². The van der Waals surface area contributed by atoms with Gasteiger partial charge in [-0.25, -0.2) is 0 Å². The molecule has 0 unspecified atom stereocenters. The van der Waals surface area contributed by atoms with E-state index in [2.05, 4.69) is 74.5 Å². The molecule has 0 aliphatic carbocycles. The van der Waals surface area contributed by atoms with Gasteiger partial charge >= 0.3 is 0 Å². The van der Waals surface area contributed by atoms with Crippen molar-refractivity contribution in [1.82, 2.24) is 0 Å². The molecule has 158 valence electrons. The van der Waals surface area contributed by atoms with Crippen molar-refractivity contribution in [1.29, 1.82) is 0 Å². The summed E-state index contributed by atoms with van der Waals surface area (Å²) in [5.74, 6) is 0.325. The quantitative estimate of drug-likeness (QED) is 0.274. The molecule has 0 saturated heterocycles. The van der Waals surface area contributed by atoms with Crippen molar-refractivity contribution in [2.24, 2.45) is 0 Å². The molecule has 0 fully saturated rings. The zero-order valence-corrected chi connectivity index (χ0v) is 19.4. The zero-order chi connectivity index (χ0) is 21.2. The van der Waals surface area contributed by atoms with Crippen molar-refractivity contribution in [3.63, 3.8) is 0 Å². The van der Waals surface area contributed by atoms with Gasteiger partial charge in [0.25, 0.3) is 0 Å². The molecule has 0 heterocycles. The van der Waals surface area contributed by atoms with Gasteiger partial charge in [0.1, 0.15) is 5.75 Å². The van der Waals surface area contributed by atoms with Crippen LogP contribution in [0.2, 0.25) is 0 Å². The topological polar surface area (TPSA) is 20.2 Å². The van der Waals surface area contributed by atoms with Crippen LogP contribution in [0.1, 0.15) is 63.5 Å². The van der Waals surface area contributed by atoms with Crippen molar-refractivity contribution in [3.8, 4) is 5.75 Å². The van der Waals surface area contributed by atoms with Gasteiger partial charge in [0, 0.05) is 0 Å². The number of benzene rings is 3. The van der Waals surface area contributed by atoms with Gasteiger partial charge in [-0.05, 0) is 72.8 Å². The summed E-state index contributed by atoms with van der Waals surface area (Å²) in [4.78, 5) is 0. The van der Waals surface area contributed by atoms with E-state index in [9.17, 15) is 5.11 Å². The Morgan fingerprint density at radius 1 is 0.533 bits per heavy atom. The monoisotopic (exact) mass is 418 g/mol. The van der Waals surface area contributed by atoms with Crippen LogP contribution < -0.4 is 15.9 Å². The van der Waals surface area contributed by atoms with Crippen molar-refractivity contribution in [3.05, 3.63) is 83.9 Å². The van der Waals surface area contributed by atoms with Gasteiger partial charge in [0.05, 0.1) is 0 Å².